The highest BCUT2D eigenvalue weighted by atomic mass is 19.1. The number of benzene rings is 3. The van der Waals surface area contributed by atoms with Crippen LogP contribution in [0.3, 0.4) is 0 Å². The largest absolute Gasteiger partial charge is 0.508 e. The lowest BCUT2D eigenvalue weighted by molar-refractivity contribution is 0.295. The Labute approximate surface area is 167 Å². The second-order valence-corrected chi connectivity index (χ2v) is 6.56. The molecule has 3 aromatic carbocycles. The number of fused-ring (bicyclic) bond motifs is 1. The molecule has 0 fully saturated rings. The van der Waals surface area contributed by atoms with Gasteiger partial charge in [-0.25, -0.2) is 4.39 Å². The van der Waals surface area contributed by atoms with Crippen LogP contribution < -0.4 is 15.2 Å². The summed E-state index contributed by atoms with van der Waals surface area (Å²) in [6, 6.07) is 20.4. The Balaban J connectivity index is 1.77. The molecular formula is C23H17FN2O3. The van der Waals surface area contributed by atoms with Crippen LogP contribution in [-0.2, 0) is 6.61 Å². The Kier molecular flexibility index (Phi) is 4.80. The van der Waals surface area contributed by atoms with Gasteiger partial charge in [-0.1, -0.05) is 42.5 Å². The number of rotatable bonds is 4. The number of hydrogen-bond donors (Lipinski definition) is 2. The molecule has 3 N–H and O–H groups in total. The number of aromatic hydroxyl groups is 1. The number of hydrogen-bond acceptors (Lipinski definition) is 5. The van der Waals surface area contributed by atoms with Crippen LogP contribution in [0.15, 0.2) is 78.2 Å². The average molecular weight is 388 g/mol. The first-order chi connectivity index (χ1) is 14.1. The fourth-order valence-corrected chi connectivity index (χ4v) is 3.39. The van der Waals surface area contributed by atoms with E-state index in [4.69, 9.17) is 15.2 Å². The first-order valence-electron chi connectivity index (χ1n) is 8.94. The SMILES string of the molecule is N#CC1=C(N)Oc2cc(O)ccc2[C@H]1c1ccccc1OCc1ccccc1F. The van der Waals surface area contributed by atoms with Crippen molar-refractivity contribution in [1.82, 2.24) is 0 Å². The Hall–Kier alpha value is -3.98. The molecule has 0 spiro atoms. The van der Waals surface area contributed by atoms with Crippen LogP contribution in [0.25, 0.3) is 0 Å². The molecule has 0 aliphatic carbocycles. The third kappa shape index (κ3) is 3.46. The van der Waals surface area contributed by atoms with Gasteiger partial charge in [0.25, 0.3) is 0 Å². The highest BCUT2D eigenvalue weighted by molar-refractivity contribution is 5.59. The maximum Gasteiger partial charge on any atom is 0.205 e. The van der Waals surface area contributed by atoms with Gasteiger partial charge in [-0.05, 0) is 18.2 Å². The molecule has 1 aliphatic rings. The average Bonchev–Trinajstić information content (AvgIpc) is 2.72. The van der Waals surface area contributed by atoms with Crippen molar-refractivity contribution in [2.45, 2.75) is 12.5 Å². The second kappa shape index (κ2) is 7.56. The summed E-state index contributed by atoms with van der Waals surface area (Å²) in [7, 11) is 0. The van der Waals surface area contributed by atoms with Crippen molar-refractivity contribution in [3.05, 3.63) is 101 Å². The molecular weight excluding hydrogens is 371 g/mol. The summed E-state index contributed by atoms with van der Waals surface area (Å²) < 4.78 is 25.4. The van der Waals surface area contributed by atoms with Crippen molar-refractivity contribution < 1.29 is 19.0 Å². The lowest BCUT2D eigenvalue weighted by Crippen LogP contribution is -2.21. The number of nitrogens with zero attached hydrogens (tertiary/aromatic N) is 1. The number of phenolic OH excluding ortho intramolecular Hbond substituents is 1. The van der Waals surface area contributed by atoms with E-state index in [0.29, 0.717) is 28.2 Å². The summed E-state index contributed by atoms with van der Waals surface area (Å²) in [5.74, 6) is -0.0168. The predicted molar refractivity (Wildman–Crippen MR) is 105 cm³/mol. The number of para-hydroxylation sites is 1. The van der Waals surface area contributed by atoms with Gasteiger partial charge in [0.15, 0.2) is 0 Å². The molecule has 1 heterocycles. The molecule has 0 aromatic heterocycles. The Morgan fingerprint density at radius 2 is 1.83 bits per heavy atom. The molecule has 0 saturated heterocycles. The molecule has 144 valence electrons. The van der Waals surface area contributed by atoms with E-state index in [-0.39, 0.29) is 29.6 Å². The van der Waals surface area contributed by atoms with Gasteiger partial charge in [-0.2, -0.15) is 5.26 Å². The third-order valence-corrected chi connectivity index (χ3v) is 4.77. The lowest BCUT2D eigenvalue weighted by atomic mass is 9.83. The Bertz CT molecular complexity index is 1150. The van der Waals surface area contributed by atoms with Crippen LogP contribution in [0.4, 0.5) is 4.39 Å². The number of allylic oxidation sites excluding steroid dienone is 1. The van der Waals surface area contributed by atoms with Gasteiger partial charge < -0.3 is 20.3 Å². The van der Waals surface area contributed by atoms with Gasteiger partial charge >= 0.3 is 0 Å². The molecule has 4 rings (SSSR count). The normalized spacial score (nSPS) is 15.2. The van der Waals surface area contributed by atoms with E-state index in [1.807, 2.05) is 12.1 Å². The van der Waals surface area contributed by atoms with Crippen LogP contribution in [0, 0.1) is 17.1 Å². The van der Waals surface area contributed by atoms with E-state index in [1.165, 1.54) is 18.2 Å². The number of halogens is 1. The van der Waals surface area contributed by atoms with Crippen LogP contribution >= 0.6 is 0 Å². The van der Waals surface area contributed by atoms with Crippen LogP contribution in [0.5, 0.6) is 17.2 Å². The third-order valence-electron chi connectivity index (χ3n) is 4.77. The summed E-state index contributed by atoms with van der Waals surface area (Å²) in [5, 5.41) is 19.5. The molecule has 0 unspecified atom stereocenters. The molecule has 5 nitrogen and oxygen atoms in total. The molecule has 29 heavy (non-hydrogen) atoms. The number of nitriles is 1. The zero-order valence-electron chi connectivity index (χ0n) is 15.3. The summed E-state index contributed by atoms with van der Waals surface area (Å²) in [4.78, 5) is 0. The predicted octanol–water partition coefficient (Wildman–Crippen LogP) is 4.33. The van der Waals surface area contributed by atoms with Crippen molar-refractivity contribution >= 4 is 0 Å². The van der Waals surface area contributed by atoms with Gasteiger partial charge in [0.2, 0.25) is 5.88 Å². The zero-order chi connectivity index (χ0) is 20.4. The number of ether oxygens (including phenoxy) is 2. The van der Waals surface area contributed by atoms with Crippen molar-refractivity contribution in [2.24, 2.45) is 5.73 Å². The fraction of sp³-hybridized carbons (Fsp3) is 0.0870. The summed E-state index contributed by atoms with van der Waals surface area (Å²) in [5.41, 5.74) is 8.02. The molecule has 0 saturated carbocycles. The first-order valence-corrected chi connectivity index (χ1v) is 8.94. The molecule has 6 heteroatoms. The highest BCUT2D eigenvalue weighted by Crippen LogP contribution is 2.45. The minimum atomic E-state index is -0.541. The minimum absolute atomic E-state index is 0.0276. The standard InChI is InChI=1S/C23H17FN2O3/c24-19-7-3-1-5-14(19)13-28-20-8-4-2-6-16(20)22-17-10-9-15(27)11-21(17)29-23(26)18(22)12-25/h1-11,22,27H,13,26H2/t22-/m1/s1. The van der Waals surface area contributed by atoms with E-state index in [9.17, 15) is 14.8 Å². The van der Waals surface area contributed by atoms with Crippen molar-refractivity contribution in [2.75, 3.05) is 0 Å². The maximum absolute atomic E-state index is 14.0. The zero-order valence-corrected chi connectivity index (χ0v) is 15.3. The fourth-order valence-electron chi connectivity index (χ4n) is 3.39. The van der Waals surface area contributed by atoms with E-state index in [0.717, 1.165) is 0 Å². The number of nitrogens with two attached hydrogens (primary N) is 1. The van der Waals surface area contributed by atoms with E-state index >= 15 is 0 Å². The molecule has 1 aliphatic heterocycles. The quantitative estimate of drug-likeness (QED) is 0.695. The summed E-state index contributed by atoms with van der Waals surface area (Å²) in [6.45, 7) is 0.0381. The summed E-state index contributed by atoms with van der Waals surface area (Å²) >= 11 is 0. The highest BCUT2D eigenvalue weighted by Gasteiger charge is 2.32. The van der Waals surface area contributed by atoms with Gasteiger partial charge in [0.05, 0.1) is 5.92 Å². The van der Waals surface area contributed by atoms with Gasteiger partial charge in [-0.15, -0.1) is 0 Å². The molecule has 0 bridgehead atoms. The Morgan fingerprint density at radius 3 is 2.62 bits per heavy atom. The van der Waals surface area contributed by atoms with Gasteiger partial charge in [0, 0.05) is 22.8 Å². The molecule has 1 atom stereocenters. The van der Waals surface area contributed by atoms with Crippen molar-refractivity contribution in [3.8, 4) is 23.3 Å². The van der Waals surface area contributed by atoms with E-state index in [2.05, 4.69) is 6.07 Å². The molecule has 0 radical (unpaired) electrons. The first kappa shape index (κ1) is 18.4. The van der Waals surface area contributed by atoms with Gasteiger partial charge in [-0.3, -0.25) is 0 Å². The van der Waals surface area contributed by atoms with Gasteiger partial charge in [0.1, 0.15) is 41.3 Å². The topological polar surface area (TPSA) is 88.5 Å². The summed E-state index contributed by atoms with van der Waals surface area (Å²) in [6.07, 6.45) is 0. The maximum atomic E-state index is 14.0. The second-order valence-electron chi connectivity index (χ2n) is 6.56. The minimum Gasteiger partial charge on any atom is -0.508 e. The van der Waals surface area contributed by atoms with Crippen molar-refractivity contribution in [1.29, 1.82) is 5.26 Å². The molecule has 0 amide bonds. The Morgan fingerprint density at radius 1 is 1.07 bits per heavy atom. The molecule has 3 aromatic rings. The van der Waals surface area contributed by atoms with Crippen LogP contribution in [0.2, 0.25) is 0 Å². The van der Waals surface area contributed by atoms with E-state index < -0.39 is 5.92 Å². The van der Waals surface area contributed by atoms with Crippen molar-refractivity contribution in [3.63, 3.8) is 0 Å². The monoisotopic (exact) mass is 388 g/mol. The van der Waals surface area contributed by atoms with E-state index in [1.54, 1.807) is 36.4 Å². The van der Waals surface area contributed by atoms with Crippen LogP contribution in [0.1, 0.15) is 22.6 Å². The lowest BCUT2D eigenvalue weighted by Gasteiger charge is -2.27. The smallest absolute Gasteiger partial charge is 0.205 e. The van der Waals surface area contributed by atoms with Crippen LogP contribution in [-0.4, -0.2) is 5.11 Å². The number of phenols is 1.